The maximum Gasteiger partial charge on any atom is 0.0343 e. The van der Waals surface area contributed by atoms with Crippen molar-refractivity contribution < 1.29 is 0 Å². The number of thiophene rings is 1. The summed E-state index contributed by atoms with van der Waals surface area (Å²) in [4.78, 5) is 1.33. The van der Waals surface area contributed by atoms with E-state index in [-0.39, 0.29) is 0 Å². The Morgan fingerprint density at radius 2 is 2.12 bits per heavy atom. The van der Waals surface area contributed by atoms with Crippen molar-refractivity contribution in [3.05, 3.63) is 50.1 Å². The van der Waals surface area contributed by atoms with Crippen LogP contribution >= 0.6 is 27.3 Å². The monoisotopic (exact) mass is 310 g/mol. The van der Waals surface area contributed by atoms with Gasteiger partial charge in [-0.15, -0.1) is 11.3 Å². The number of anilines is 1. The second kappa shape index (κ2) is 5.67. The van der Waals surface area contributed by atoms with E-state index in [2.05, 4.69) is 44.8 Å². The SMILES string of the molecule is Cc1cc(CNCc2sccc2Br)ccc1N. The van der Waals surface area contributed by atoms with Gasteiger partial charge in [-0.2, -0.15) is 0 Å². The normalized spacial score (nSPS) is 10.7. The predicted octanol–water partition coefficient (Wildman–Crippen LogP) is 3.69. The summed E-state index contributed by atoms with van der Waals surface area (Å²) in [6, 6.07) is 8.24. The number of benzene rings is 1. The third-order valence-electron chi connectivity index (χ3n) is 2.64. The van der Waals surface area contributed by atoms with Crippen molar-refractivity contribution >= 4 is 33.0 Å². The van der Waals surface area contributed by atoms with Crippen molar-refractivity contribution in [3.63, 3.8) is 0 Å². The van der Waals surface area contributed by atoms with Gasteiger partial charge in [-0.25, -0.2) is 0 Å². The summed E-state index contributed by atoms with van der Waals surface area (Å²) in [6.45, 7) is 3.79. The topological polar surface area (TPSA) is 38.0 Å². The Bertz CT molecular complexity index is 508. The number of hydrogen-bond donors (Lipinski definition) is 2. The molecule has 0 radical (unpaired) electrons. The van der Waals surface area contributed by atoms with Gasteiger partial charge in [-0.3, -0.25) is 0 Å². The molecule has 3 N–H and O–H groups in total. The number of nitrogens with two attached hydrogens (primary N) is 1. The van der Waals surface area contributed by atoms with Crippen LogP contribution in [0.15, 0.2) is 34.1 Å². The van der Waals surface area contributed by atoms with E-state index in [0.717, 1.165) is 24.3 Å². The molecule has 2 aromatic rings. The molecule has 0 fully saturated rings. The van der Waals surface area contributed by atoms with Crippen LogP contribution < -0.4 is 11.1 Å². The summed E-state index contributed by atoms with van der Waals surface area (Å²) >= 11 is 5.29. The minimum atomic E-state index is 0.856. The Morgan fingerprint density at radius 3 is 2.76 bits per heavy atom. The lowest BCUT2D eigenvalue weighted by atomic mass is 10.1. The Morgan fingerprint density at radius 1 is 1.29 bits per heavy atom. The number of nitrogens with one attached hydrogen (secondary N) is 1. The molecule has 0 saturated heterocycles. The van der Waals surface area contributed by atoms with Crippen LogP contribution in [0.3, 0.4) is 0 Å². The van der Waals surface area contributed by atoms with Gasteiger partial charge in [0.1, 0.15) is 0 Å². The van der Waals surface area contributed by atoms with E-state index in [4.69, 9.17) is 5.73 Å². The quantitative estimate of drug-likeness (QED) is 0.845. The molecule has 0 saturated carbocycles. The largest absolute Gasteiger partial charge is 0.399 e. The molecule has 2 rings (SSSR count). The summed E-state index contributed by atoms with van der Waals surface area (Å²) in [5, 5.41) is 5.52. The molecule has 0 atom stereocenters. The molecule has 0 aliphatic carbocycles. The van der Waals surface area contributed by atoms with E-state index in [1.165, 1.54) is 14.9 Å². The molecular formula is C13H15BrN2S. The molecule has 0 spiro atoms. The van der Waals surface area contributed by atoms with Crippen LogP contribution in [0.2, 0.25) is 0 Å². The van der Waals surface area contributed by atoms with Crippen molar-refractivity contribution in [2.24, 2.45) is 0 Å². The van der Waals surface area contributed by atoms with Gasteiger partial charge >= 0.3 is 0 Å². The van der Waals surface area contributed by atoms with Crippen molar-refractivity contribution in [2.45, 2.75) is 20.0 Å². The van der Waals surface area contributed by atoms with E-state index in [1.807, 2.05) is 13.0 Å². The summed E-state index contributed by atoms with van der Waals surface area (Å²) in [5.74, 6) is 0. The first-order valence-electron chi connectivity index (χ1n) is 5.44. The zero-order chi connectivity index (χ0) is 12.3. The highest BCUT2D eigenvalue weighted by atomic mass is 79.9. The molecular weight excluding hydrogens is 296 g/mol. The van der Waals surface area contributed by atoms with Crippen molar-refractivity contribution in [1.82, 2.24) is 5.32 Å². The summed E-state index contributed by atoms with van der Waals surface area (Å²) in [5.41, 5.74) is 9.05. The van der Waals surface area contributed by atoms with E-state index in [0.29, 0.717) is 0 Å². The highest BCUT2D eigenvalue weighted by Gasteiger charge is 2.01. The van der Waals surface area contributed by atoms with E-state index >= 15 is 0 Å². The second-order valence-electron chi connectivity index (χ2n) is 3.99. The third kappa shape index (κ3) is 3.31. The molecule has 0 aliphatic heterocycles. The fraction of sp³-hybridized carbons (Fsp3) is 0.231. The van der Waals surface area contributed by atoms with E-state index in [1.54, 1.807) is 11.3 Å². The Balaban J connectivity index is 1.90. The van der Waals surface area contributed by atoms with Gasteiger partial charge < -0.3 is 11.1 Å². The van der Waals surface area contributed by atoms with E-state index < -0.39 is 0 Å². The van der Waals surface area contributed by atoms with Gasteiger partial charge in [0.2, 0.25) is 0 Å². The van der Waals surface area contributed by atoms with Crippen LogP contribution in [-0.2, 0) is 13.1 Å². The highest BCUT2D eigenvalue weighted by molar-refractivity contribution is 9.10. The number of hydrogen-bond acceptors (Lipinski definition) is 3. The Kier molecular flexibility index (Phi) is 4.20. The first-order chi connectivity index (χ1) is 8.16. The zero-order valence-corrected chi connectivity index (χ0v) is 12.1. The third-order valence-corrected chi connectivity index (χ3v) is 4.57. The average Bonchev–Trinajstić information content (AvgIpc) is 2.70. The predicted molar refractivity (Wildman–Crippen MR) is 78.2 cm³/mol. The average molecular weight is 311 g/mol. The van der Waals surface area contributed by atoms with Gasteiger partial charge in [0.15, 0.2) is 0 Å². The standard InChI is InChI=1S/C13H15BrN2S/c1-9-6-10(2-3-12(9)15)7-16-8-13-11(14)4-5-17-13/h2-6,16H,7-8,15H2,1H3. The lowest BCUT2D eigenvalue weighted by Crippen LogP contribution is -2.12. The summed E-state index contributed by atoms with van der Waals surface area (Å²) in [6.07, 6.45) is 0. The maximum atomic E-state index is 5.79. The lowest BCUT2D eigenvalue weighted by Gasteiger charge is -2.06. The molecule has 0 bridgehead atoms. The molecule has 90 valence electrons. The van der Waals surface area contributed by atoms with Gasteiger partial charge in [-0.05, 0) is 51.5 Å². The molecule has 2 nitrogen and oxygen atoms in total. The molecule has 1 aromatic heterocycles. The Hall–Kier alpha value is -0.840. The number of rotatable bonds is 4. The van der Waals surface area contributed by atoms with Crippen LogP contribution in [0, 0.1) is 6.92 Å². The second-order valence-corrected chi connectivity index (χ2v) is 5.84. The van der Waals surface area contributed by atoms with Crippen LogP contribution in [-0.4, -0.2) is 0 Å². The van der Waals surface area contributed by atoms with Crippen molar-refractivity contribution in [2.75, 3.05) is 5.73 Å². The number of aryl methyl sites for hydroxylation is 1. The fourth-order valence-electron chi connectivity index (χ4n) is 1.62. The van der Waals surface area contributed by atoms with Gasteiger partial charge in [0.05, 0.1) is 0 Å². The molecule has 1 aromatic carbocycles. The fourth-order valence-corrected chi connectivity index (χ4v) is 3.08. The first kappa shape index (κ1) is 12.6. The van der Waals surface area contributed by atoms with Crippen molar-refractivity contribution in [1.29, 1.82) is 0 Å². The van der Waals surface area contributed by atoms with Gasteiger partial charge in [0, 0.05) is 28.1 Å². The summed E-state index contributed by atoms with van der Waals surface area (Å²) in [7, 11) is 0. The maximum absolute atomic E-state index is 5.79. The van der Waals surface area contributed by atoms with Crippen LogP contribution in [0.1, 0.15) is 16.0 Å². The minimum absolute atomic E-state index is 0.856. The smallest absolute Gasteiger partial charge is 0.0343 e. The van der Waals surface area contributed by atoms with Crippen molar-refractivity contribution in [3.8, 4) is 0 Å². The molecule has 4 heteroatoms. The molecule has 0 aliphatic rings. The van der Waals surface area contributed by atoms with Crippen LogP contribution in [0.25, 0.3) is 0 Å². The van der Waals surface area contributed by atoms with Gasteiger partial charge in [0.25, 0.3) is 0 Å². The molecule has 0 unspecified atom stereocenters. The summed E-state index contributed by atoms with van der Waals surface area (Å²) < 4.78 is 1.18. The number of halogens is 1. The van der Waals surface area contributed by atoms with Gasteiger partial charge in [-0.1, -0.05) is 12.1 Å². The minimum Gasteiger partial charge on any atom is -0.399 e. The lowest BCUT2D eigenvalue weighted by molar-refractivity contribution is 0.699. The van der Waals surface area contributed by atoms with Crippen LogP contribution in [0.4, 0.5) is 5.69 Å². The highest BCUT2D eigenvalue weighted by Crippen LogP contribution is 2.22. The Labute approximate surface area is 114 Å². The zero-order valence-electron chi connectivity index (χ0n) is 9.66. The molecule has 0 amide bonds. The number of nitrogen functional groups attached to an aromatic ring is 1. The van der Waals surface area contributed by atoms with E-state index in [9.17, 15) is 0 Å². The molecule has 17 heavy (non-hydrogen) atoms. The molecule has 1 heterocycles. The first-order valence-corrected chi connectivity index (χ1v) is 7.11. The van der Waals surface area contributed by atoms with Crippen LogP contribution in [0.5, 0.6) is 0 Å².